The number of halogens is 1. The van der Waals surface area contributed by atoms with E-state index in [2.05, 4.69) is 36.4 Å². The monoisotopic (exact) mass is 412 g/mol. The van der Waals surface area contributed by atoms with E-state index in [0.717, 1.165) is 21.3 Å². The predicted molar refractivity (Wildman–Crippen MR) is 101 cm³/mol. The molecule has 25 heavy (non-hydrogen) atoms. The highest BCUT2D eigenvalue weighted by molar-refractivity contribution is 9.10. The maximum atomic E-state index is 5.58. The minimum absolute atomic E-state index is 0.503. The van der Waals surface area contributed by atoms with Crippen LogP contribution in [0.25, 0.3) is 17.1 Å². The Labute approximate surface area is 157 Å². The van der Waals surface area contributed by atoms with Gasteiger partial charge in [0.25, 0.3) is 0 Å². The molecule has 2 heterocycles. The number of hydrogen-bond donors (Lipinski definition) is 1. The van der Waals surface area contributed by atoms with Gasteiger partial charge < -0.3 is 0 Å². The van der Waals surface area contributed by atoms with E-state index in [0.29, 0.717) is 17.0 Å². The van der Waals surface area contributed by atoms with E-state index in [1.165, 1.54) is 0 Å². The van der Waals surface area contributed by atoms with Gasteiger partial charge in [0.15, 0.2) is 0 Å². The van der Waals surface area contributed by atoms with Crippen molar-refractivity contribution in [1.82, 2.24) is 30.0 Å². The second-order valence-corrected chi connectivity index (χ2v) is 6.65. The molecule has 0 saturated carbocycles. The van der Waals surface area contributed by atoms with Gasteiger partial charge >= 0.3 is 0 Å². The van der Waals surface area contributed by atoms with Crippen LogP contribution in [0, 0.1) is 4.64 Å². The Balaban J connectivity index is 1.66. The van der Waals surface area contributed by atoms with Crippen molar-refractivity contribution in [3.8, 4) is 17.1 Å². The van der Waals surface area contributed by atoms with Crippen LogP contribution in [0.3, 0.4) is 0 Å². The van der Waals surface area contributed by atoms with Crippen LogP contribution >= 0.6 is 28.1 Å². The highest BCUT2D eigenvalue weighted by atomic mass is 79.9. The second kappa shape index (κ2) is 6.73. The van der Waals surface area contributed by atoms with Gasteiger partial charge in [-0.1, -0.05) is 54.7 Å². The Morgan fingerprint density at radius 3 is 2.60 bits per heavy atom. The summed E-state index contributed by atoms with van der Waals surface area (Å²) < 4.78 is 3.36. The Hall–Kier alpha value is -2.58. The molecule has 0 aliphatic rings. The average molecular weight is 413 g/mol. The number of rotatable bonds is 4. The van der Waals surface area contributed by atoms with Crippen LogP contribution in [0.1, 0.15) is 5.56 Å². The van der Waals surface area contributed by atoms with E-state index in [1.807, 2.05) is 59.3 Å². The van der Waals surface area contributed by atoms with Crippen molar-refractivity contribution in [2.24, 2.45) is 0 Å². The zero-order valence-electron chi connectivity index (χ0n) is 13.0. The highest BCUT2D eigenvalue weighted by Crippen LogP contribution is 2.23. The fourth-order valence-electron chi connectivity index (χ4n) is 2.51. The number of tetrazole rings is 1. The molecule has 1 N–H and O–H groups in total. The van der Waals surface area contributed by atoms with Crippen LogP contribution < -0.4 is 0 Å². The molecule has 0 aliphatic carbocycles. The summed E-state index contributed by atoms with van der Waals surface area (Å²) >= 11 is 9.12. The summed E-state index contributed by atoms with van der Waals surface area (Å²) in [6.45, 7) is 0.565. The van der Waals surface area contributed by atoms with Crippen molar-refractivity contribution in [3.63, 3.8) is 0 Å². The average Bonchev–Trinajstić information content (AvgIpc) is 3.23. The number of nitrogens with zero attached hydrogens (tertiary/aromatic N) is 5. The first-order valence-electron chi connectivity index (χ1n) is 7.60. The van der Waals surface area contributed by atoms with E-state index in [-0.39, 0.29) is 0 Å². The molecule has 6 nitrogen and oxygen atoms in total. The minimum Gasteiger partial charge on any atom is -0.299 e. The van der Waals surface area contributed by atoms with Crippen molar-refractivity contribution < 1.29 is 0 Å². The molecule has 0 aliphatic heterocycles. The van der Waals surface area contributed by atoms with Gasteiger partial charge in [0.1, 0.15) is 4.64 Å². The molecule has 0 fully saturated rings. The molecule has 0 amide bonds. The largest absolute Gasteiger partial charge is 0.299 e. The molecule has 0 radical (unpaired) electrons. The van der Waals surface area contributed by atoms with Crippen molar-refractivity contribution >= 4 is 28.1 Å². The van der Waals surface area contributed by atoms with Crippen LogP contribution in [0.4, 0.5) is 0 Å². The van der Waals surface area contributed by atoms with Gasteiger partial charge in [-0.2, -0.15) is 4.80 Å². The third-order valence-corrected chi connectivity index (χ3v) is 4.80. The van der Waals surface area contributed by atoms with Crippen molar-refractivity contribution in [2.45, 2.75) is 6.54 Å². The number of aromatic amines is 1. The third kappa shape index (κ3) is 3.18. The summed E-state index contributed by atoms with van der Waals surface area (Å²) in [5, 5.41) is 15.9. The SMILES string of the molecule is S=c1c(-c2nnn(Cc3ccccc3)n2)c[nH]n1-c1ccccc1Br. The van der Waals surface area contributed by atoms with Crippen LogP contribution in [-0.2, 0) is 6.54 Å². The number of H-pyrrole nitrogens is 1. The van der Waals surface area contributed by atoms with Gasteiger partial charge in [-0.15, -0.1) is 10.2 Å². The Morgan fingerprint density at radius 1 is 1.04 bits per heavy atom. The van der Waals surface area contributed by atoms with Gasteiger partial charge in [-0.3, -0.25) is 5.10 Å². The van der Waals surface area contributed by atoms with Crippen LogP contribution in [0.15, 0.2) is 65.3 Å². The molecule has 2 aromatic heterocycles. The van der Waals surface area contributed by atoms with Gasteiger partial charge in [-0.25, -0.2) is 4.68 Å². The molecule has 0 spiro atoms. The Bertz CT molecular complexity index is 1070. The molecule has 0 unspecified atom stereocenters. The Morgan fingerprint density at radius 2 is 1.80 bits per heavy atom. The van der Waals surface area contributed by atoms with Crippen LogP contribution in [-0.4, -0.2) is 30.0 Å². The third-order valence-electron chi connectivity index (χ3n) is 3.73. The number of para-hydroxylation sites is 1. The fraction of sp³-hybridized carbons (Fsp3) is 0.0588. The molecule has 124 valence electrons. The number of benzene rings is 2. The second-order valence-electron chi connectivity index (χ2n) is 5.41. The molecular weight excluding hydrogens is 400 g/mol. The lowest BCUT2D eigenvalue weighted by atomic mass is 10.2. The zero-order valence-corrected chi connectivity index (χ0v) is 15.4. The quantitative estimate of drug-likeness (QED) is 0.514. The van der Waals surface area contributed by atoms with Gasteiger partial charge in [0, 0.05) is 10.7 Å². The molecular formula is C17H13BrN6S. The van der Waals surface area contributed by atoms with E-state index in [1.54, 1.807) is 11.0 Å². The first kappa shape index (κ1) is 15.9. The van der Waals surface area contributed by atoms with Gasteiger partial charge in [-0.05, 0) is 38.8 Å². The lowest BCUT2D eigenvalue weighted by Crippen LogP contribution is -2.03. The summed E-state index contributed by atoms with van der Waals surface area (Å²) in [5.74, 6) is 0.503. The molecule has 4 rings (SSSR count). The van der Waals surface area contributed by atoms with E-state index >= 15 is 0 Å². The summed E-state index contributed by atoms with van der Waals surface area (Å²) in [7, 11) is 0. The van der Waals surface area contributed by atoms with E-state index in [9.17, 15) is 0 Å². The lowest BCUT2D eigenvalue weighted by Gasteiger charge is -2.04. The summed E-state index contributed by atoms with van der Waals surface area (Å²) in [5.41, 5.74) is 2.78. The summed E-state index contributed by atoms with van der Waals surface area (Å²) in [4.78, 5) is 1.56. The molecule has 0 saturated heterocycles. The number of aromatic nitrogens is 6. The van der Waals surface area contributed by atoms with E-state index < -0.39 is 0 Å². The zero-order chi connectivity index (χ0) is 17.2. The molecule has 8 heteroatoms. The predicted octanol–water partition coefficient (Wildman–Crippen LogP) is 4.00. The summed E-state index contributed by atoms with van der Waals surface area (Å²) in [6.07, 6.45) is 1.80. The Kier molecular flexibility index (Phi) is 4.29. The molecule has 0 atom stereocenters. The minimum atomic E-state index is 0.503. The fourth-order valence-corrected chi connectivity index (χ4v) is 3.27. The molecule has 4 aromatic rings. The number of nitrogens with one attached hydrogen (secondary N) is 1. The van der Waals surface area contributed by atoms with Crippen LogP contribution in [0.2, 0.25) is 0 Å². The van der Waals surface area contributed by atoms with Crippen molar-refractivity contribution in [3.05, 3.63) is 75.5 Å². The molecule has 0 bridgehead atoms. The van der Waals surface area contributed by atoms with E-state index in [4.69, 9.17) is 12.2 Å². The maximum absolute atomic E-state index is 5.58. The van der Waals surface area contributed by atoms with Gasteiger partial charge in [0.05, 0.1) is 17.8 Å². The smallest absolute Gasteiger partial charge is 0.209 e. The van der Waals surface area contributed by atoms with Crippen molar-refractivity contribution in [1.29, 1.82) is 0 Å². The first-order valence-corrected chi connectivity index (χ1v) is 8.80. The highest BCUT2D eigenvalue weighted by Gasteiger charge is 2.13. The lowest BCUT2D eigenvalue weighted by molar-refractivity contribution is 0.573. The first-order chi connectivity index (χ1) is 12.2. The van der Waals surface area contributed by atoms with Crippen LogP contribution in [0.5, 0.6) is 0 Å². The summed E-state index contributed by atoms with van der Waals surface area (Å²) in [6, 6.07) is 17.9. The van der Waals surface area contributed by atoms with Gasteiger partial charge in [0.2, 0.25) is 5.82 Å². The number of hydrogen-bond acceptors (Lipinski definition) is 4. The standard InChI is InChI=1S/C17H13BrN6S/c18-14-8-4-5-9-15(14)24-17(25)13(10-19-24)16-20-22-23(21-16)11-12-6-2-1-3-7-12/h1-10,19H,11H2. The molecule has 2 aromatic carbocycles. The topological polar surface area (TPSA) is 64.3 Å². The normalized spacial score (nSPS) is 10.9. The van der Waals surface area contributed by atoms with Crippen molar-refractivity contribution in [2.75, 3.05) is 0 Å². The maximum Gasteiger partial charge on any atom is 0.209 e.